The van der Waals surface area contributed by atoms with Crippen LogP contribution in [0.15, 0.2) is 24.5 Å². The van der Waals surface area contributed by atoms with Crippen molar-refractivity contribution in [3.63, 3.8) is 0 Å². The molecule has 1 saturated carbocycles. The SMILES string of the molecule is CNCc1ccnn1Cc1ccn(C2CCCC2)n1. The maximum Gasteiger partial charge on any atom is 0.0853 e. The Hall–Kier alpha value is -1.62. The van der Waals surface area contributed by atoms with Gasteiger partial charge in [0, 0.05) is 18.9 Å². The summed E-state index contributed by atoms with van der Waals surface area (Å²) in [5.41, 5.74) is 2.28. The first kappa shape index (κ1) is 12.4. The molecule has 0 spiro atoms. The Bertz CT molecular complexity index is 521. The molecule has 0 amide bonds. The third-order valence-electron chi connectivity index (χ3n) is 3.84. The van der Waals surface area contributed by atoms with Gasteiger partial charge in [0.2, 0.25) is 0 Å². The van der Waals surface area contributed by atoms with Crippen LogP contribution in [0.2, 0.25) is 0 Å². The van der Waals surface area contributed by atoms with Crippen LogP contribution >= 0.6 is 0 Å². The van der Waals surface area contributed by atoms with Gasteiger partial charge < -0.3 is 5.32 Å². The molecule has 1 fully saturated rings. The lowest BCUT2D eigenvalue weighted by atomic mass is 10.3. The first-order chi connectivity index (χ1) is 9.36. The molecule has 19 heavy (non-hydrogen) atoms. The van der Waals surface area contributed by atoms with Gasteiger partial charge in [0.15, 0.2) is 0 Å². The normalized spacial score (nSPS) is 16.3. The van der Waals surface area contributed by atoms with Crippen molar-refractivity contribution in [1.29, 1.82) is 0 Å². The highest BCUT2D eigenvalue weighted by Crippen LogP contribution is 2.28. The minimum atomic E-state index is 0.614. The Morgan fingerprint density at radius 3 is 2.95 bits per heavy atom. The molecule has 1 aliphatic carbocycles. The molecule has 1 aliphatic rings. The average molecular weight is 259 g/mol. The quantitative estimate of drug-likeness (QED) is 0.893. The van der Waals surface area contributed by atoms with Crippen LogP contribution in [0.4, 0.5) is 0 Å². The minimum absolute atomic E-state index is 0.614. The van der Waals surface area contributed by atoms with Crippen LogP contribution in [0.3, 0.4) is 0 Å². The summed E-state index contributed by atoms with van der Waals surface area (Å²) >= 11 is 0. The maximum atomic E-state index is 4.70. The average Bonchev–Trinajstić information content (AvgIpc) is 3.12. The third kappa shape index (κ3) is 2.71. The van der Waals surface area contributed by atoms with Gasteiger partial charge >= 0.3 is 0 Å². The molecule has 0 bridgehead atoms. The summed E-state index contributed by atoms with van der Waals surface area (Å²) in [6.07, 6.45) is 9.19. The lowest BCUT2D eigenvalue weighted by Gasteiger charge is -2.09. The summed E-state index contributed by atoms with van der Waals surface area (Å²) in [6, 6.07) is 4.77. The lowest BCUT2D eigenvalue weighted by Crippen LogP contribution is -2.13. The van der Waals surface area contributed by atoms with Crippen molar-refractivity contribution in [2.24, 2.45) is 0 Å². The Balaban J connectivity index is 1.70. The molecule has 0 saturated heterocycles. The largest absolute Gasteiger partial charge is 0.314 e. The molecule has 102 valence electrons. The van der Waals surface area contributed by atoms with Gasteiger partial charge in [-0.15, -0.1) is 0 Å². The van der Waals surface area contributed by atoms with Gasteiger partial charge in [0.1, 0.15) is 0 Å². The summed E-state index contributed by atoms with van der Waals surface area (Å²) in [7, 11) is 1.95. The standard InChI is InChI=1S/C14H21N5/c1-15-10-14-6-8-16-19(14)11-12-7-9-18(17-12)13-4-2-3-5-13/h6-9,13,15H,2-5,10-11H2,1H3. The molecule has 0 aliphatic heterocycles. The molecule has 0 atom stereocenters. The van der Waals surface area contributed by atoms with Crippen LogP contribution in [-0.4, -0.2) is 26.6 Å². The van der Waals surface area contributed by atoms with Gasteiger partial charge in [0.05, 0.1) is 24.0 Å². The van der Waals surface area contributed by atoms with Crippen molar-refractivity contribution in [2.45, 2.75) is 44.8 Å². The van der Waals surface area contributed by atoms with Crippen LogP contribution in [0.5, 0.6) is 0 Å². The van der Waals surface area contributed by atoms with Gasteiger partial charge in [-0.3, -0.25) is 9.36 Å². The maximum absolute atomic E-state index is 4.70. The van der Waals surface area contributed by atoms with Crippen LogP contribution < -0.4 is 5.32 Å². The van der Waals surface area contributed by atoms with Crippen LogP contribution in [0.1, 0.15) is 43.1 Å². The fourth-order valence-electron chi connectivity index (χ4n) is 2.82. The molecule has 5 nitrogen and oxygen atoms in total. The highest BCUT2D eigenvalue weighted by atomic mass is 15.3. The van der Waals surface area contributed by atoms with E-state index < -0.39 is 0 Å². The minimum Gasteiger partial charge on any atom is -0.314 e. The molecule has 0 unspecified atom stereocenters. The summed E-state index contributed by atoms with van der Waals surface area (Å²) in [5.74, 6) is 0. The predicted octanol–water partition coefficient (Wildman–Crippen LogP) is 1.96. The monoisotopic (exact) mass is 259 g/mol. The van der Waals surface area contributed by atoms with E-state index in [9.17, 15) is 0 Å². The van der Waals surface area contributed by atoms with E-state index in [2.05, 4.69) is 27.4 Å². The van der Waals surface area contributed by atoms with Gasteiger partial charge in [-0.2, -0.15) is 10.2 Å². The first-order valence-electron chi connectivity index (χ1n) is 7.06. The van der Waals surface area contributed by atoms with Gasteiger partial charge in [-0.1, -0.05) is 12.8 Å². The Kier molecular flexibility index (Phi) is 3.64. The van der Waals surface area contributed by atoms with E-state index in [1.54, 1.807) is 0 Å². The van der Waals surface area contributed by atoms with Gasteiger partial charge in [0.25, 0.3) is 0 Å². The fraction of sp³-hybridized carbons (Fsp3) is 0.571. The zero-order valence-electron chi connectivity index (χ0n) is 11.4. The van der Waals surface area contributed by atoms with Crippen molar-refractivity contribution in [2.75, 3.05) is 7.05 Å². The number of hydrogen-bond acceptors (Lipinski definition) is 3. The van der Waals surface area contributed by atoms with Crippen LogP contribution in [0, 0.1) is 0 Å². The van der Waals surface area contributed by atoms with Crippen molar-refractivity contribution in [1.82, 2.24) is 24.9 Å². The molecule has 0 aromatic carbocycles. The Labute approximate surface area is 113 Å². The fourth-order valence-corrected chi connectivity index (χ4v) is 2.82. The number of hydrogen-bond donors (Lipinski definition) is 1. The van der Waals surface area contributed by atoms with Crippen LogP contribution in [-0.2, 0) is 13.1 Å². The molecular weight excluding hydrogens is 238 g/mol. The van der Waals surface area contributed by atoms with Crippen LogP contribution in [0.25, 0.3) is 0 Å². The van der Waals surface area contributed by atoms with Crippen molar-refractivity contribution in [3.05, 3.63) is 35.9 Å². The molecule has 2 heterocycles. The van der Waals surface area contributed by atoms with E-state index in [0.717, 1.165) is 18.8 Å². The van der Waals surface area contributed by atoms with Crippen molar-refractivity contribution in [3.8, 4) is 0 Å². The Morgan fingerprint density at radius 2 is 2.16 bits per heavy atom. The molecule has 2 aromatic rings. The zero-order chi connectivity index (χ0) is 13.1. The second-order valence-electron chi connectivity index (χ2n) is 5.24. The summed E-state index contributed by atoms with van der Waals surface area (Å²) in [4.78, 5) is 0. The van der Waals surface area contributed by atoms with E-state index in [0.29, 0.717) is 6.04 Å². The Morgan fingerprint density at radius 1 is 1.32 bits per heavy atom. The molecular formula is C14H21N5. The van der Waals surface area contributed by atoms with E-state index in [-0.39, 0.29) is 0 Å². The first-order valence-corrected chi connectivity index (χ1v) is 7.06. The number of nitrogens with zero attached hydrogens (tertiary/aromatic N) is 4. The molecule has 1 N–H and O–H groups in total. The highest BCUT2D eigenvalue weighted by molar-refractivity contribution is 5.06. The van der Waals surface area contributed by atoms with Crippen molar-refractivity contribution < 1.29 is 0 Å². The van der Waals surface area contributed by atoms with Crippen molar-refractivity contribution >= 4 is 0 Å². The van der Waals surface area contributed by atoms with E-state index in [1.165, 1.54) is 31.4 Å². The molecule has 5 heteroatoms. The molecule has 2 aromatic heterocycles. The van der Waals surface area contributed by atoms with E-state index in [1.807, 2.05) is 24.0 Å². The number of nitrogens with one attached hydrogen (secondary N) is 1. The topological polar surface area (TPSA) is 47.7 Å². The van der Waals surface area contributed by atoms with Gasteiger partial charge in [-0.25, -0.2) is 0 Å². The van der Waals surface area contributed by atoms with Gasteiger partial charge in [-0.05, 0) is 32.0 Å². The highest BCUT2D eigenvalue weighted by Gasteiger charge is 2.17. The molecule has 0 radical (unpaired) electrons. The van der Waals surface area contributed by atoms with E-state index in [4.69, 9.17) is 5.10 Å². The lowest BCUT2D eigenvalue weighted by molar-refractivity contribution is 0.459. The van der Waals surface area contributed by atoms with E-state index >= 15 is 0 Å². The smallest absolute Gasteiger partial charge is 0.0853 e. The number of rotatable bonds is 5. The summed E-state index contributed by atoms with van der Waals surface area (Å²) < 4.78 is 4.15. The second kappa shape index (κ2) is 5.57. The number of aromatic nitrogens is 4. The summed E-state index contributed by atoms with van der Waals surface area (Å²) in [5, 5.41) is 12.2. The second-order valence-corrected chi connectivity index (χ2v) is 5.24. The predicted molar refractivity (Wildman–Crippen MR) is 73.8 cm³/mol. The third-order valence-corrected chi connectivity index (χ3v) is 3.84. The summed E-state index contributed by atoms with van der Waals surface area (Å²) in [6.45, 7) is 1.59. The molecule has 3 rings (SSSR count). The zero-order valence-corrected chi connectivity index (χ0v) is 11.4.